The number of thiol groups is 1. The molecule has 0 aliphatic rings. The van der Waals surface area contributed by atoms with Crippen LogP contribution in [0.1, 0.15) is 0 Å². The third kappa shape index (κ3) is 1.45. The Hall–Kier alpha value is 0.810. The summed E-state index contributed by atoms with van der Waals surface area (Å²) < 4.78 is 1.90. The molecule has 0 radical (unpaired) electrons. The molecular weight excluding hydrogens is 286 g/mol. The molecule has 0 fully saturated rings. The Morgan fingerprint density at radius 3 is 2.00 bits per heavy atom. The first-order valence-electron chi connectivity index (χ1n) is 2.05. The van der Waals surface area contributed by atoms with E-state index < -0.39 is 0 Å². The van der Waals surface area contributed by atoms with Crippen molar-refractivity contribution in [1.82, 2.24) is 0 Å². The van der Waals surface area contributed by atoms with Crippen molar-refractivity contribution in [2.75, 3.05) is 5.73 Å². The lowest BCUT2D eigenvalue weighted by Gasteiger charge is -1.86. The third-order valence-electron chi connectivity index (χ3n) is 0.832. The van der Waals surface area contributed by atoms with Crippen LogP contribution in [0.4, 0.5) is 5.69 Å². The molecule has 0 aliphatic heterocycles. The van der Waals surface area contributed by atoms with E-state index in [1.807, 2.05) is 0 Å². The number of anilines is 1. The van der Waals surface area contributed by atoms with Crippen LogP contribution in [0.3, 0.4) is 0 Å². The fraction of sp³-hybridized carbons (Fsp3) is 0. The molecule has 0 spiro atoms. The average Bonchev–Trinajstić information content (AvgIpc) is 1.98. The predicted molar refractivity (Wildman–Crippen MR) is 51.4 cm³/mol. The summed E-state index contributed by atoms with van der Waals surface area (Å²) in [7, 11) is 0. The van der Waals surface area contributed by atoms with E-state index in [4.69, 9.17) is 5.73 Å². The standard InChI is InChI=1S/C4H3Br2NS2/c5-3-1(7)2(8)4(6)9-3/h8H,7H2. The maximum Gasteiger partial charge on any atom is 0.0951 e. The van der Waals surface area contributed by atoms with Crippen LogP contribution in [0.2, 0.25) is 0 Å². The van der Waals surface area contributed by atoms with Gasteiger partial charge in [0.05, 0.1) is 18.2 Å². The molecule has 1 nitrogen and oxygen atoms in total. The lowest BCUT2D eigenvalue weighted by Crippen LogP contribution is -1.81. The van der Waals surface area contributed by atoms with E-state index in [0.717, 1.165) is 12.5 Å². The summed E-state index contributed by atoms with van der Waals surface area (Å²) in [5.41, 5.74) is 6.26. The summed E-state index contributed by atoms with van der Waals surface area (Å²) in [6.07, 6.45) is 0. The highest BCUT2D eigenvalue weighted by Gasteiger charge is 2.07. The van der Waals surface area contributed by atoms with Gasteiger partial charge in [-0.3, -0.25) is 0 Å². The van der Waals surface area contributed by atoms with Gasteiger partial charge in [-0.1, -0.05) is 0 Å². The molecule has 50 valence electrons. The number of hydrogen-bond donors (Lipinski definition) is 2. The van der Waals surface area contributed by atoms with Crippen LogP contribution in [-0.2, 0) is 0 Å². The smallest absolute Gasteiger partial charge is 0.0951 e. The second-order valence-corrected chi connectivity index (χ2v) is 5.52. The molecule has 5 heteroatoms. The fourth-order valence-electron chi connectivity index (χ4n) is 0.381. The zero-order valence-corrected chi connectivity index (χ0v) is 9.07. The minimum absolute atomic E-state index is 0.704. The first-order valence-corrected chi connectivity index (χ1v) is 4.90. The van der Waals surface area contributed by atoms with E-state index in [1.165, 1.54) is 11.3 Å². The predicted octanol–water partition coefficient (Wildman–Crippen LogP) is 3.14. The number of nitrogens with two attached hydrogens (primary N) is 1. The van der Waals surface area contributed by atoms with E-state index in [0.29, 0.717) is 5.69 Å². The van der Waals surface area contributed by atoms with Gasteiger partial charge in [0.15, 0.2) is 0 Å². The van der Waals surface area contributed by atoms with Crippen molar-refractivity contribution in [3.63, 3.8) is 0 Å². The highest BCUT2D eigenvalue weighted by Crippen LogP contribution is 2.40. The van der Waals surface area contributed by atoms with Gasteiger partial charge in [0.2, 0.25) is 0 Å². The second-order valence-electron chi connectivity index (χ2n) is 1.41. The summed E-state index contributed by atoms with van der Waals surface area (Å²) in [6, 6.07) is 0. The van der Waals surface area contributed by atoms with Crippen molar-refractivity contribution in [3.8, 4) is 0 Å². The number of nitrogen functional groups attached to an aromatic ring is 1. The van der Waals surface area contributed by atoms with Gasteiger partial charge in [-0.2, -0.15) is 0 Å². The summed E-state index contributed by atoms with van der Waals surface area (Å²) in [4.78, 5) is 0.812. The maximum atomic E-state index is 5.56. The molecule has 0 aliphatic carbocycles. The van der Waals surface area contributed by atoms with Crippen molar-refractivity contribution >= 4 is 61.5 Å². The SMILES string of the molecule is Nc1c(Br)sc(Br)c1S. The zero-order chi connectivity index (χ0) is 7.02. The molecule has 2 N–H and O–H groups in total. The van der Waals surface area contributed by atoms with Gasteiger partial charge in [0, 0.05) is 0 Å². The van der Waals surface area contributed by atoms with Crippen LogP contribution >= 0.6 is 55.8 Å². The van der Waals surface area contributed by atoms with E-state index in [1.54, 1.807) is 0 Å². The molecule has 1 heterocycles. The normalized spacial score (nSPS) is 10.1. The largest absolute Gasteiger partial charge is 0.396 e. The van der Waals surface area contributed by atoms with E-state index in [-0.39, 0.29) is 0 Å². The molecule has 0 amide bonds. The van der Waals surface area contributed by atoms with Crippen LogP contribution < -0.4 is 5.73 Å². The number of hydrogen-bond acceptors (Lipinski definition) is 3. The first kappa shape index (κ1) is 7.91. The van der Waals surface area contributed by atoms with Crippen molar-refractivity contribution in [2.24, 2.45) is 0 Å². The minimum Gasteiger partial charge on any atom is -0.396 e. The Morgan fingerprint density at radius 2 is 1.89 bits per heavy atom. The Kier molecular flexibility index (Phi) is 2.48. The highest BCUT2D eigenvalue weighted by molar-refractivity contribution is 9.12. The first-order chi connectivity index (χ1) is 4.13. The van der Waals surface area contributed by atoms with Gasteiger partial charge in [-0.05, 0) is 31.9 Å². The Morgan fingerprint density at radius 1 is 1.33 bits per heavy atom. The van der Waals surface area contributed by atoms with Crippen LogP contribution in [0.5, 0.6) is 0 Å². The molecule has 1 aromatic heterocycles. The van der Waals surface area contributed by atoms with Gasteiger partial charge < -0.3 is 5.73 Å². The minimum atomic E-state index is 0.704. The molecule has 9 heavy (non-hydrogen) atoms. The maximum absolute atomic E-state index is 5.56. The zero-order valence-electron chi connectivity index (χ0n) is 4.19. The quantitative estimate of drug-likeness (QED) is 0.705. The van der Waals surface area contributed by atoms with E-state index in [2.05, 4.69) is 44.5 Å². The van der Waals surface area contributed by atoms with Crippen molar-refractivity contribution in [1.29, 1.82) is 0 Å². The molecule has 0 saturated carbocycles. The Balaban J connectivity index is 3.29. The molecule has 1 rings (SSSR count). The van der Waals surface area contributed by atoms with Crippen molar-refractivity contribution in [3.05, 3.63) is 7.57 Å². The van der Waals surface area contributed by atoms with Crippen LogP contribution in [0, 0.1) is 0 Å². The average molecular weight is 289 g/mol. The third-order valence-corrected chi connectivity index (χ3v) is 4.33. The molecule has 1 aromatic rings. The van der Waals surface area contributed by atoms with Crippen LogP contribution in [-0.4, -0.2) is 0 Å². The van der Waals surface area contributed by atoms with Crippen molar-refractivity contribution in [2.45, 2.75) is 4.90 Å². The van der Waals surface area contributed by atoms with Crippen molar-refractivity contribution < 1.29 is 0 Å². The molecule has 0 unspecified atom stereocenters. The van der Waals surface area contributed by atoms with Gasteiger partial charge in [-0.15, -0.1) is 24.0 Å². The summed E-state index contributed by atoms with van der Waals surface area (Å²) >= 11 is 12.2. The number of rotatable bonds is 0. The molecule has 0 aromatic carbocycles. The Labute approximate surface area is 79.3 Å². The monoisotopic (exact) mass is 287 g/mol. The molecule has 0 atom stereocenters. The van der Waals surface area contributed by atoms with Gasteiger partial charge in [0.1, 0.15) is 0 Å². The summed E-state index contributed by atoms with van der Waals surface area (Å²) in [5, 5.41) is 0. The molecular formula is C4H3Br2NS2. The summed E-state index contributed by atoms with van der Waals surface area (Å²) in [5.74, 6) is 0. The lowest BCUT2D eigenvalue weighted by molar-refractivity contribution is 1.54. The van der Waals surface area contributed by atoms with Crippen LogP contribution in [0.25, 0.3) is 0 Å². The van der Waals surface area contributed by atoms with E-state index >= 15 is 0 Å². The number of thiophene rings is 1. The summed E-state index contributed by atoms with van der Waals surface area (Å²) in [6.45, 7) is 0. The molecule has 0 saturated heterocycles. The fourth-order valence-corrected chi connectivity index (χ4v) is 3.47. The van der Waals surface area contributed by atoms with Gasteiger partial charge in [-0.25, -0.2) is 0 Å². The number of halogens is 2. The van der Waals surface area contributed by atoms with Crippen LogP contribution in [0.15, 0.2) is 12.5 Å². The van der Waals surface area contributed by atoms with E-state index in [9.17, 15) is 0 Å². The highest BCUT2D eigenvalue weighted by atomic mass is 79.9. The topological polar surface area (TPSA) is 26.0 Å². The molecule has 0 bridgehead atoms. The lowest BCUT2D eigenvalue weighted by atomic mass is 10.6. The Bertz CT molecular complexity index is 210. The second kappa shape index (κ2) is 2.82. The van der Waals surface area contributed by atoms with Gasteiger partial charge >= 0.3 is 0 Å². The van der Waals surface area contributed by atoms with Gasteiger partial charge in [0.25, 0.3) is 0 Å².